The van der Waals surface area contributed by atoms with Gasteiger partial charge in [-0.25, -0.2) is 0 Å². The van der Waals surface area contributed by atoms with E-state index in [-0.39, 0.29) is 5.97 Å². The Morgan fingerprint density at radius 2 is 1.62 bits per heavy atom. The van der Waals surface area contributed by atoms with E-state index in [0.29, 0.717) is 18.3 Å². The van der Waals surface area contributed by atoms with Crippen LogP contribution in [-0.4, -0.2) is 31.5 Å². The molecule has 0 saturated carbocycles. The van der Waals surface area contributed by atoms with Crippen LogP contribution in [0.4, 0.5) is 0 Å². The van der Waals surface area contributed by atoms with Crippen LogP contribution in [-0.2, 0) is 4.79 Å². The van der Waals surface area contributed by atoms with E-state index in [9.17, 15) is 4.79 Å². The minimum absolute atomic E-state index is 0.133. The van der Waals surface area contributed by atoms with E-state index in [1.54, 1.807) is 0 Å². The number of carbonyl (C=O) groups excluding carboxylic acids is 1. The van der Waals surface area contributed by atoms with Crippen LogP contribution in [0.2, 0.25) is 0 Å². The number of rotatable bonds is 7. The van der Waals surface area contributed by atoms with Crippen LogP contribution in [0.5, 0.6) is 5.75 Å². The first-order valence-corrected chi connectivity index (χ1v) is 7.81. The summed E-state index contributed by atoms with van der Waals surface area (Å²) in [5.74, 6) is 1.32. The van der Waals surface area contributed by atoms with E-state index in [1.165, 1.54) is 0 Å². The Morgan fingerprint density at radius 3 is 2.05 bits per heavy atom. The predicted molar refractivity (Wildman–Crippen MR) is 88.0 cm³/mol. The quantitative estimate of drug-likeness (QED) is 0.557. The number of ether oxygens (including phenoxy) is 1. The van der Waals surface area contributed by atoms with Gasteiger partial charge in [0.25, 0.3) is 0 Å². The summed E-state index contributed by atoms with van der Waals surface area (Å²) in [6.45, 7) is 9.41. The van der Waals surface area contributed by atoms with Crippen LogP contribution < -0.4 is 4.74 Å². The topological polar surface area (TPSA) is 29.5 Å². The highest BCUT2D eigenvalue weighted by molar-refractivity contribution is 5.73. The van der Waals surface area contributed by atoms with Gasteiger partial charge in [-0.3, -0.25) is 4.79 Å². The lowest BCUT2D eigenvalue weighted by atomic mass is 9.94. The molecule has 21 heavy (non-hydrogen) atoms. The van der Waals surface area contributed by atoms with E-state index in [0.717, 1.165) is 29.8 Å². The summed E-state index contributed by atoms with van der Waals surface area (Å²) >= 11 is 0. The molecule has 1 aromatic rings. The molecule has 0 unspecified atom stereocenters. The van der Waals surface area contributed by atoms with Gasteiger partial charge >= 0.3 is 5.97 Å². The second-order valence-corrected chi connectivity index (χ2v) is 6.46. The molecular weight excluding hydrogens is 262 g/mol. The third kappa shape index (κ3) is 5.50. The highest BCUT2D eigenvalue weighted by atomic mass is 16.5. The molecule has 0 heterocycles. The SMILES string of the molecule is CC(C)c1cccc(C(C)C)c1OC(=O)CCCN(C)C. The normalized spacial score (nSPS) is 11.5. The molecule has 0 amide bonds. The number of esters is 1. The van der Waals surface area contributed by atoms with Crippen molar-refractivity contribution in [3.05, 3.63) is 29.3 Å². The van der Waals surface area contributed by atoms with Crippen LogP contribution in [0.1, 0.15) is 63.5 Å². The van der Waals surface area contributed by atoms with Crippen LogP contribution >= 0.6 is 0 Å². The summed E-state index contributed by atoms with van der Waals surface area (Å²) in [5, 5.41) is 0. The van der Waals surface area contributed by atoms with Gasteiger partial charge in [-0.15, -0.1) is 0 Å². The van der Waals surface area contributed by atoms with Gasteiger partial charge in [-0.2, -0.15) is 0 Å². The second kappa shape index (κ2) is 8.18. The maximum atomic E-state index is 12.1. The van der Waals surface area contributed by atoms with E-state index >= 15 is 0 Å². The second-order valence-electron chi connectivity index (χ2n) is 6.46. The van der Waals surface area contributed by atoms with Gasteiger partial charge in [0.15, 0.2) is 0 Å². The monoisotopic (exact) mass is 291 g/mol. The molecule has 0 spiro atoms. The van der Waals surface area contributed by atoms with Gasteiger partial charge in [0.05, 0.1) is 0 Å². The molecular formula is C18H29NO2. The maximum absolute atomic E-state index is 12.1. The molecule has 0 aliphatic heterocycles. The number of hydrogen-bond donors (Lipinski definition) is 0. The zero-order valence-corrected chi connectivity index (χ0v) is 14.3. The molecule has 0 radical (unpaired) electrons. The number of hydrogen-bond acceptors (Lipinski definition) is 3. The molecule has 1 aromatic carbocycles. The van der Waals surface area contributed by atoms with E-state index in [4.69, 9.17) is 4.74 Å². The molecule has 0 fully saturated rings. The summed E-state index contributed by atoms with van der Waals surface area (Å²) in [6.07, 6.45) is 1.29. The van der Waals surface area contributed by atoms with Crippen molar-refractivity contribution in [2.24, 2.45) is 0 Å². The van der Waals surface area contributed by atoms with Gasteiger partial charge in [-0.1, -0.05) is 45.9 Å². The lowest BCUT2D eigenvalue weighted by Gasteiger charge is -2.19. The molecule has 0 bridgehead atoms. The molecule has 3 nitrogen and oxygen atoms in total. The number of carbonyl (C=O) groups is 1. The van der Waals surface area contributed by atoms with Gasteiger partial charge in [0, 0.05) is 6.42 Å². The van der Waals surface area contributed by atoms with E-state index in [1.807, 2.05) is 20.2 Å². The first-order chi connectivity index (χ1) is 9.82. The summed E-state index contributed by atoms with van der Waals surface area (Å²) < 4.78 is 5.72. The van der Waals surface area contributed by atoms with Crippen molar-refractivity contribution in [3.63, 3.8) is 0 Å². The smallest absolute Gasteiger partial charge is 0.311 e. The molecule has 0 aromatic heterocycles. The van der Waals surface area contributed by atoms with Crippen molar-refractivity contribution in [3.8, 4) is 5.75 Å². The molecule has 0 saturated heterocycles. The fraction of sp³-hybridized carbons (Fsp3) is 0.611. The predicted octanol–water partition coefficient (Wildman–Crippen LogP) is 4.18. The van der Waals surface area contributed by atoms with Crippen molar-refractivity contribution < 1.29 is 9.53 Å². The zero-order chi connectivity index (χ0) is 16.0. The summed E-state index contributed by atoms with van der Waals surface area (Å²) in [5.41, 5.74) is 2.23. The molecule has 0 atom stereocenters. The lowest BCUT2D eigenvalue weighted by molar-refractivity contribution is -0.134. The average Bonchev–Trinajstić information content (AvgIpc) is 2.37. The lowest BCUT2D eigenvalue weighted by Crippen LogP contribution is -2.17. The largest absolute Gasteiger partial charge is 0.426 e. The Balaban J connectivity index is 2.87. The molecule has 1 rings (SSSR count). The van der Waals surface area contributed by atoms with Crippen molar-refractivity contribution in [2.75, 3.05) is 20.6 Å². The van der Waals surface area contributed by atoms with Crippen LogP contribution in [0.15, 0.2) is 18.2 Å². The number of para-hydroxylation sites is 1. The first kappa shape index (κ1) is 17.7. The molecule has 0 aliphatic rings. The fourth-order valence-electron chi connectivity index (χ4n) is 2.31. The van der Waals surface area contributed by atoms with Gasteiger partial charge in [-0.05, 0) is 50.0 Å². The molecule has 0 N–H and O–H groups in total. The van der Waals surface area contributed by atoms with Gasteiger partial charge < -0.3 is 9.64 Å². The Morgan fingerprint density at radius 1 is 1.10 bits per heavy atom. The number of benzene rings is 1. The Labute approximate surface area is 129 Å². The Hall–Kier alpha value is -1.35. The minimum atomic E-state index is -0.133. The van der Waals surface area contributed by atoms with Gasteiger partial charge in [0.2, 0.25) is 0 Å². The van der Waals surface area contributed by atoms with Gasteiger partial charge in [0.1, 0.15) is 5.75 Å². The van der Waals surface area contributed by atoms with Crippen molar-refractivity contribution in [2.45, 2.75) is 52.4 Å². The summed E-state index contributed by atoms with van der Waals surface area (Å²) in [4.78, 5) is 14.2. The fourth-order valence-corrected chi connectivity index (χ4v) is 2.31. The Bertz CT molecular complexity index is 438. The Kier molecular flexibility index (Phi) is 6.90. The molecule has 3 heteroatoms. The van der Waals surface area contributed by atoms with Crippen LogP contribution in [0.3, 0.4) is 0 Å². The van der Waals surface area contributed by atoms with Crippen molar-refractivity contribution in [1.29, 1.82) is 0 Å². The zero-order valence-electron chi connectivity index (χ0n) is 14.3. The summed E-state index contributed by atoms with van der Waals surface area (Å²) in [7, 11) is 4.02. The standard InChI is InChI=1S/C18H29NO2/c1-13(2)15-9-7-10-16(14(3)4)18(15)21-17(20)11-8-12-19(5)6/h7,9-10,13-14H,8,11-12H2,1-6H3. The third-order valence-corrected chi connectivity index (χ3v) is 3.52. The first-order valence-electron chi connectivity index (χ1n) is 7.81. The molecule has 118 valence electrons. The van der Waals surface area contributed by atoms with Crippen molar-refractivity contribution in [1.82, 2.24) is 4.90 Å². The number of nitrogens with zero attached hydrogens (tertiary/aromatic N) is 1. The highest BCUT2D eigenvalue weighted by Gasteiger charge is 2.17. The van der Waals surface area contributed by atoms with E-state index < -0.39 is 0 Å². The average molecular weight is 291 g/mol. The third-order valence-electron chi connectivity index (χ3n) is 3.52. The maximum Gasteiger partial charge on any atom is 0.311 e. The molecule has 0 aliphatic carbocycles. The minimum Gasteiger partial charge on any atom is -0.426 e. The van der Waals surface area contributed by atoms with Crippen LogP contribution in [0.25, 0.3) is 0 Å². The highest BCUT2D eigenvalue weighted by Crippen LogP contribution is 2.34. The van der Waals surface area contributed by atoms with Crippen molar-refractivity contribution >= 4 is 5.97 Å². The van der Waals surface area contributed by atoms with E-state index in [2.05, 4.69) is 44.7 Å². The van der Waals surface area contributed by atoms with Crippen LogP contribution in [0, 0.1) is 0 Å². The summed E-state index contributed by atoms with van der Waals surface area (Å²) in [6, 6.07) is 6.16.